The van der Waals surface area contributed by atoms with E-state index in [0.717, 1.165) is 11.1 Å². The fourth-order valence-electron chi connectivity index (χ4n) is 2.81. The molecule has 0 aliphatic rings. The number of carbonyl (C=O) groups excluding carboxylic acids is 1. The summed E-state index contributed by atoms with van der Waals surface area (Å²) in [6, 6.07) is 9.18. The molecule has 3 aromatic heterocycles. The highest BCUT2D eigenvalue weighted by Gasteiger charge is 2.10. The normalized spacial score (nSPS) is 10.8. The zero-order chi connectivity index (χ0) is 20.8. The fourth-order valence-corrected chi connectivity index (χ4v) is 2.81. The van der Waals surface area contributed by atoms with E-state index in [0.29, 0.717) is 36.8 Å². The Morgan fingerprint density at radius 3 is 2.87 bits per heavy atom. The lowest BCUT2D eigenvalue weighted by molar-refractivity contribution is -0.123. The number of benzene rings is 1. The summed E-state index contributed by atoms with van der Waals surface area (Å²) in [6.07, 6.45) is 4.75. The lowest BCUT2D eigenvalue weighted by atomic mass is 10.3. The van der Waals surface area contributed by atoms with Crippen LogP contribution in [0.2, 0.25) is 0 Å². The second kappa shape index (κ2) is 9.03. The van der Waals surface area contributed by atoms with E-state index in [1.54, 1.807) is 17.1 Å². The quantitative estimate of drug-likeness (QED) is 0.436. The van der Waals surface area contributed by atoms with Crippen LogP contribution in [0, 0.1) is 5.82 Å². The number of rotatable bonds is 9. The SMILES string of the molecule is O=C(COc1ccc(F)cc1)NCCn1ncc2c(NCc3ccco3)ncnc21. The van der Waals surface area contributed by atoms with E-state index in [1.165, 1.54) is 30.6 Å². The lowest BCUT2D eigenvalue weighted by Crippen LogP contribution is -2.31. The molecule has 0 radical (unpaired) electrons. The van der Waals surface area contributed by atoms with Crippen LogP contribution in [0.15, 0.2) is 59.6 Å². The van der Waals surface area contributed by atoms with E-state index in [1.807, 2.05) is 12.1 Å². The Morgan fingerprint density at radius 1 is 1.20 bits per heavy atom. The largest absolute Gasteiger partial charge is 0.484 e. The van der Waals surface area contributed by atoms with Gasteiger partial charge in [-0.25, -0.2) is 19.0 Å². The van der Waals surface area contributed by atoms with Crippen molar-refractivity contribution in [3.05, 3.63) is 66.8 Å². The molecule has 0 spiro atoms. The average Bonchev–Trinajstić information content (AvgIpc) is 3.42. The van der Waals surface area contributed by atoms with Gasteiger partial charge in [0.05, 0.1) is 30.9 Å². The maximum Gasteiger partial charge on any atom is 0.258 e. The van der Waals surface area contributed by atoms with Gasteiger partial charge in [-0.3, -0.25) is 4.79 Å². The first-order valence-electron chi connectivity index (χ1n) is 9.27. The highest BCUT2D eigenvalue weighted by molar-refractivity contribution is 5.86. The Hall–Kier alpha value is -3.95. The van der Waals surface area contributed by atoms with Gasteiger partial charge in [0.2, 0.25) is 0 Å². The highest BCUT2D eigenvalue weighted by Crippen LogP contribution is 2.19. The molecule has 0 saturated heterocycles. The van der Waals surface area contributed by atoms with Gasteiger partial charge in [-0.15, -0.1) is 0 Å². The zero-order valence-corrected chi connectivity index (χ0v) is 15.9. The van der Waals surface area contributed by atoms with Crippen LogP contribution in [0.1, 0.15) is 5.76 Å². The summed E-state index contributed by atoms with van der Waals surface area (Å²) in [5.74, 6) is 1.22. The number of aromatic nitrogens is 4. The van der Waals surface area contributed by atoms with Gasteiger partial charge >= 0.3 is 0 Å². The summed E-state index contributed by atoms with van der Waals surface area (Å²) in [5, 5.41) is 11.1. The van der Waals surface area contributed by atoms with Crippen LogP contribution >= 0.6 is 0 Å². The molecular formula is C20H19FN6O3. The summed E-state index contributed by atoms with van der Waals surface area (Å²) < 4.78 is 25.2. The molecule has 4 rings (SSSR count). The zero-order valence-electron chi connectivity index (χ0n) is 15.9. The van der Waals surface area contributed by atoms with Gasteiger partial charge < -0.3 is 19.8 Å². The number of ether oxygens (including phenoxy) is 1. The number of halogens is 1. The summed E-state index contributed by atoms with van der Waals surface area (Å²) >= 11 is 0. The number of nitrogens with zero attached hydrogens (tertiary/aromatic N) is 4. The van der Waals surface area contributed by atoms with Crippen LogP contribution in [0.3, 0.4) is 0 Å². The minimum absolute atomic E-state index is 0.158. The second-order valence-electron chi connectivity index (χ2n) is 6.35. The average molecular weight is 410 g/mol. The molecule has 0 atom stereocenters. The topological polar surface area (TPSA) is 107 Å². The number of hydrogen-bond donors (Lipinski definition) is 2. The Kier molecular flexibility index (Phi) is 5.83. The molecule has 10 heteroatoms. The summed E-state index contributed by atoms with van der Waals surface area (Å²) in [5.41, 5.74) is 0.656. The number of furan rings is 1. The Labute approximate surface area is 170 Å². The van der Waals surface area contributed by atoms with E-state index in [4.69, 9.17) is 9.15 Å². The van der Waals surface area contributed by atoms with Crippen LogP contribution in [0.25, 0.3) is 11.0 Å². The number of hydrogen-bond acceptors (Lipinski definition) is 7. The first kappa shape index (κ1) is 19.4. The molecular weight excluding hydrogens is 391 g/mol. The maximum atomic E-state index is 12.9. The molecule has 154 valence electrons. The molecule has 9 nitrogen and oxygen atoms in total. The standard InChI is InChI=1S/C20H19FN6O3/c21-14-3-5-15(6-4-14)30-12-18(28)22-7-8-27-20-17(11-26-27)19(24-13-25-20)23-10-16-2-1-9-29-16/h1-6,9,11,13H,7-8,10,12H2,(H,22,28)(H,23,24,25). The van der Waals surface area contributed by atoms with Gasteiger partial charge in [-0.2, -0.15) is 5.10 Å². The smallest absolute Gasteiger partial charge is 0.258 e. The molecule has 0 saturated carbocycles. The predicted octanol–water partition coefficient (Wildman–Crippen LogP) is 2.37. The number of fused-ring (bicyclic) bond motifs is 1. The van der Waals surface area contributed by atoms with Crippen molar-refractivity contribution in [2.45, 2.75) is 13.1 Å². The van der Waals surface area contributed by atoms with Crippen molar-refractivity contribution in [1.82, 2.24) is 25.1 Å². The molecule has 1 aromatic carbocycles. The van der Waals surface area contributed by atoms with E-state index in [2.05, 4.69) is 25.7 Å². The van der Waals surface area contributed by atoms with Gasteiger partial charge in [0.25, 0.3) is 5.91 Å². The fraction of sp³-hybridized carbons (Fsp3) is 0.200. The molecule has 0 unspecified atom stereocenters. The molecule has 0 bridgehead atoms. The van der Waals surface area contributed by atoms with Gasteiger partial charge in [0, 0.05) is 6.54 Å². The van der Waals surface area contributed by atoms with Gasteiger partial charge in [-0.1, -0.05) is 0 Å². The van der Waals surface area contributed by atoms with E-state index >= 15 is 0 Å². The predicted molar refractivity (Wildman–Crippen MR) is 106 cm³/mol. The van der Waals surface area contributed by atoms with Gasteiger partial charge in [0.1, 0.15) is 29.5 Å². The summed E-state index contributed by atoms with van der Waals surface area (Å²) in [4.78, 5) is 20.5. The van der Waals surface area contributed by atoms with Crippen LogP contribution in [0.5, 0.6) is 5.75 Å². The molecule has 0 aliphatic heterocycles. The molecule has 0 fully saturated rings. The monoisotopic (exact) mass is 410 g/mol. The molecule has 30 heavy (non-hydrogen) atoms. The van der Waals surface area contributed by atoms with Crippen LogP contribution in [0.4, 0.5) is 10.2 Å². The molecule has 1 amide bonds. The minimum Gasteiger partial charge on any atom is -0.484 e. The molecule has 0 aliphatic carbocycles. The third kappa shape index (κ3) is 4.72. The van der Waals surface area contributed by atoms with E-state index < -0.39 is 0 Å². The first-order valence-corrected chi connectivity index (χ1v) is 9.27. The summed E-state index contributed by atoms with van der Waals surface area (Å²) in [6.45, 7) is 1.12. The molecule has 4 aromatic rings. The van der Waals surface area contributed by atoms with Crippen molar-refractivity contribution in [2.24, 2.45) is 0 Å². The van der Waals surface area contributed by atoms with Crippen molar-refractivity contribution in [3.63, 3.8) is 0 Å². The lowest BCUT2D eigenvalue weighted by Gasteiger charge is -2.08. The van der Waals surface area contributed by atoms with Crippen molar-refractivity contribution >= 4 is 22.8 Å². The van der Waals surface area contributed by atoms with E-state index in [-0.39, 0.29) is 18.3 Å². The van der Waals surface area contributed by atoms with Crippen molar-refractivity contribution in [2.75, 3.05) is 18.5 Å². The van der Waals surface area contributed by atoms with Crippen molar-refractivity contribution in [3.8, 4) is 5.75 Å². The van der Waals surface area contributed by atoms with Crippen molar-refractivity contribution < 1.29 is 18.3 Å². The Bertz CT molecular complexity index is 1110. The van der Waals surface area contributed by atoms with Gasteiger partial charge in [-0.05, 0) is 36.4 Å². The highest BCUT2D eigenvalue weighted by atomic mass is 19.1. The third-order valence-electron chi connectivity index (χ3n) is 4.27. The minimum atomic E-state index is -0.360. The van der Waals surface area contributed by atoms with Gasteiger partial charge in [0.15, 0.2) is 12.3 Å². The third-order valence-corrected chi connectivity index (χ3v) is 4.27. The number of nitrogens with one attached hydrogen (secondary N) is 2. The second-order valence-corrected chi connectivity index (χ2v) is 6.35. The Morgan fingerprint density at radius 2 is 2.07 bits per heavy atom. The number of carbonyl (C=O) groups is 1. The van der Waals surface area contributed by atoms with E-state index in [9.17, 15) is 9.18 Å². The number of amides is 1. The van der Waals surface area contributed by atoms with Crippen LogP contribution < -0.4 is 15.4 Å². The first-order chi connectivity index (χ1) is 14.7. The number of anilines is 1. The maximum absolute atomic E-state index is 12.9. The summed E-state index contributed by atoms with van der Waals surface area (Å²) in [7, 11) is 0. The Balaban J connectivity index is 1.29. The van der Waals surface area contributed by atoms with Crippen LogP contribution in [-0.4, -0.2) is 38.8 Å². The van der Waals surface area contributed by atoms with Crippen LogP contribution in [-0.2, 0) is 17.9 Å². The van der Waals surface area contributed by atoms with Crippen molar-refractivity contribution in [1.29, 1.82) is 0 Å². The molecule has 2 N–H and O–H groups in total. The molecule has 3 heterocycles.